The Kier molecular flexibility index (Phi) is 7.04. The third-order valence-corrected chi connectivity index (χ3v) is 3.89. The molecule has 102 valence electrons. The zero-order valence-electron chi connectivity index (χ0n) is 11.8. The molecule has 2 aliphatic rings. The van der Waals surface area contributed by atoms with Gasteiger partial charge in [0.05, 0.1) is 0 Å². The number of likely N-dealkylation sites (tertiary alicyclic amines) is 2. The minimum atomic E-state index is 0.478. The van der Waals surface area contributed by atoms with Crippen molar-refractivity contribution in [3.63, 3.8) is 0 Å². The maximum absolute atomic E-state index is 5.67. The highest BCUT2D eigenvalue weighted by atomic mass is 15.1. The molecule has 0 saturated carbocycles. The average Bonchev–Trinajstić information content (AvgIpc) is 2.35. The van der Waals surface area contributed by atoms with Crippen molar-refractivity contribution in [3.05, 3.63) is 0 Å². The summed E-state index contributed by atoms with van der Waals surface area (Å²) < 4.78 is 0. The van der Waals surface area contributed by atoms with Crippen molar-refractivity contribution in [2.75, 3.05) is 47.3 Å². The Labute approximate surface area is 107 Å². The Hall–Kier alpha value is -0.160. The first-order valence-corrected chi connectivity index (χ1v) is 6.91. The maximum Gasteiger partial charge on any atom is 0.00884 e. The van der Waals surface area contributed by atoms with Crippen LogP contribution in [0.15, 0.2) is 0 Å². The second-order valence-corrected chi connectivity index (χ2v) is 5.51. The van der Waals surface area contributed by atoms with Crippen molar-refractivity contribution in [2.24, 2.45) is 5.73 Å². The highest BCUT2D eigenvalue weighted by Crippen LogP contribution is 2.06. The van der Waals surface area contributed by atoms with Crippen LogP contribution in [0.1, 0.15) is 25.7 Å². The number of piperidine rings is 2. The van der Waals surface area contributed by atoms with Crippen LogP contribution in [0.3, 0.4) is 0 Å². The smallest absolute Gasteiger partial charge is 0.00884 e. The van der Waals surface area contributed by atoms with Gasteiger partial charge in [-0.3, -0.25) is 0 Å². The summed E-state index contributed by atoms with van der Waals surface area (Å²) in [5.41, 5.74) is 5.67. The fraction of sp³-hybridized carbons (Fsp3) is 1.00. The summed E-state index contributed by atoms with van der Waals surface area (Å²) in [5, 5.41) is 3.30. The van der Waals surface area contributed by atoms with Gasteiger partial charge in [0.15, 0.2) is 0 Å². The van der Waals surface area contributed by atoms with E-state index in [0.29, 0.717) is 6.04 Å². The molecule has 0 aliphatic carbocycles. The van der Waals surface area contributed by atoms with Crippen molar-refractivity contribution in [3.8, 4) is 0 Å². The van der Waals surface area contributed by atoms with Crippen molar-refractivity contribution in [1.29, 1.82) is 0 Å². The van der Waals surface area contributed by atoms with Gasteiger partial charge >= 0.3 is 0 Å². The monoisotopic (exact) mass is 242 g/mol. The van der Waals surface area contributed by atoms with Gasteiger partial charge in [-0.15, -0.1) is 0 Å². The lowest BCUT2D eigenvalue weighted by atomic mass is 10.1. The predicted octanol–water partition coefficient (Wildman–Crippen LogP) is 0.339. The van der Waals surface area contributed by atoms with E-state index in [1.54, 1.807) is 0 Å². The molecular formula is C13H30N4. The van der Waals surface area contributed by atoms with Crippen LogP contribution in [0.2, 0.25) is 0 Å². The topological polar surface area (TPSA) is 44.5 Å². The van der Waals surface area contributed by atoms with Gasteiger partial charge in [-0.05, 0) is 73.0 Å². The zero-order chi connectivity index (χ0) is 12.7. The molecule has 0 aromatic heterocycles. The fourth-order valence-corrected chi connectivity index (χ4v) is 2.33. The van der Waals surface area contributed by atoms with E-state index < -0.39 is 0 Å². The molecule has 4 heteroatoms. The molecule has 2 aliphatic heterocycles. The lowest BCUT2D eigenvalue weighted by molar-refractivity contribution is 0.240. The van der Waals surface area contributed by atoms with Crippen LogP contribution in [-0.2, 0) is 0 Å². The Bertz CT molecular complexity index is 172. The van der Waals surface area contributed by atoms with Crippen molar-refractivity contribution < 1.29 is 0 Å². The SMILES string of the molecule is CN1CCC(N)CC1.CNC1CCN(C)CC1. The molecule has 0 atom stereocenters. The molecule has 0 bridgehead atoms. The summed E-state index contributed by atoms with van der Waals surface area (Å²) in [5.74, 6) is 0. The standard InChI is InChI=1S/C7H16N2.C6H14N2/c1-8-7-3-5-9(2)6-4-7;1-8-4-2-6(7)3-5-8/h7-8H,3-6H2,1-2H3;6H,2-5,7H2,1H3. The van der Waals surface area contributed by atoms with E-state index in [0.717, 1.165) is 6.04 Å². The first-order valence-electron chi connectivity index (χ1n) is 6.91. The molecule has 2 saturated heterocycles. The van der Waals surface area contributed by atoms with Crippen LogP contribution < -0.4 is 11.1 Å². The molecule has 2 fully saturated rings. The molecule has 3 N–H and O–H groups in total. The molecule has 17 heavy (non-hydrogen) atoms. The fourth-order valence-electron chi connectivity index (χ4n) is 2.33. The number of hydrogen-bond donors (Lipinski definition) is 2. The molecule has 4 nitrogen and oxygen atoms in total. The number of nitrogens with two attached hydrogens (primary N) is 1. The lowest BCUT2D eigenvalue weighted by Crippen LogP contribution is -2.39. The highest BCUT2D eigenvalue weighted by molar-refractivity contribution is 4.73. The summed E-state index contributed by atoms with van der Waals surface area (Å²) >= 11 is 0. The number of nitrogens with one attached hydrogen (secondary N) is 1. The van der Waals surface area contributed by atoms with E-state index in [1.165, 1.54) is 51.9 Å². The summed E-state index contributed by atoms with van der Waals surface area (Å²) in [4.78, 5) is 4.71. The highest BCUT2D eigenvalue weighted by Gasteiger charge is 2.13. The summed E-state index contributed by atoms with van der Waals surface area (Å²) in [6.45, 7) is 4.87. The first kappa shape index (κ1) is 14.9. The second-order valence-electron chi connectivity index (χ2n) is 5.51. The Morgan fingerprint density at radius 2 is 1.29 bits per heavy atom. The van der Waals surface area contributed by atoms with E-state index in [9.17, 15) is 0 Å². The maximum atomic E-state index is 5.67. The molecule has 0 aromatic carbocycles. The third kappa shape index (κ3) is 6.36. The van der Waals surface area contributed by atoms with Crippen molar-refractivity contribution in [2.45, 2.75) is 37.8 Å². The van der Waals surface area contributed by atoms with Gasteiger partial charge < -0.3 is 20.9 Å². The minimum absolute atomic E-state index is 0.478. The zero-order valence-corrected chi connectivity index (χ0v) is 11.8. The second kappa shape index (κ2) is 8.03. The predicted molar refractivity (Wildman–Crippen MR) is 74.3 cm³/mol. The third-order valence-electron chi connectivity index (χ3n) is 3.89. The van der Waals surface area contributed by atoms with Crippen LogP contribution in [0.25, 0.3) is 0 Å². The summed E-state index contributed by atoms with van der Waals surface area (Å²) in [7, 11) is 6.38. The Morgan fingerprint density at radius 1 is 0.882 bits per heavy atom. The summed E-state index contributed by atoms with van der Waals surface area (Å²) in [6.07, 6.45) is 4.98. The van der Waals surface area contributed by atoms with Gasteiger partial charge in [0.25, 0.3) is 0 Å². The molecule has 0 aromatic rings. The van der Waals surface area contributed by atoms with E-state index in [4.69, 9.17) is 5.73 Å². The molecule has 0 unspecified atom stereocenters. The van der Waals surface area contributed by atoms with Gasteiger partial charge in [-0.1, -0.05) is 0 Å². The number of nitrogens with zero attached hydrogens (tertiary/aromatic N) is 2. The molecule has 2 heterocycles. The van der Waals surface area contributed by atoms with E-state index in [1.807, 2.05) is 0 Å². The quantitative estimate of drug-likeness (QED) is 0.696. The summed E-state index contributed by atoms with van der Waals surface area (Å²) in [6, 6.07) is 1.26. The van der Waals surface area contributed by atoms with Gasteiger partial charge in [-0.25, -0.2) is 0 Å². The van der Waals surface area contributed by atoms with Crippen LogP contribution in [0.5, 0.6) is 0 Å². The van der Waals surface area contributed by atoms with Gasteiger partial charge in [0.1, 0.15) is 0 Å². The number of hydrogen-bond acceptors (Lipinski definition) is 4. The van der Waals surface area contributed by atoms with Gasteiger partial charge in [0, 0.05) is 12.1 Å². The van der Waals surface area contributed by atoms with E-state index >= 15 is 0 Å². The Balaban J connectivity index is 0.000000171. The van der Waals surface area contributed by atoms with E-state index in [2.05, 4.69) is 36.3 Å². The Morgan fingerprint density at radius 3 is 1.65 bits per heavy atom. The van der Waals surface area contributed by atoms with E-state index in [-0.39, 0.29) is 0 Å². The van der Waals surface area contributed by atoms with Crippen LogP contribution in [-0.4, -0.2) is 69.2 Å². The first-order chi connectivity index (χ1) is 8.11. The normalized spacial score (nSPS) is 25.4. The van der Waals surface area contributed by atoms with Crippen LogP contribution in [0, 0.1) is 0 Å². The van der Waals surface area contributed by atoms with Crippen LogP contribution >= 0.6 is 0 Å². The van der Waals surface area contributed by atoms with Gasteiger partial charge in [-0.2, -0.15) is 0 Å². The van der Waals surface area contributed by atoms with Gasteiger partial charge in [0.2, 0.25) is 0 Å². The molecular weight excluding hydrogens is 212 g/mol. The molecule has 0 spiro atoms. The van der Waals surface area contributed by atoms with Crippen molar-refractivity contribution >= 4 is 0 Å². The van der Waals surface area contributed by atoms with Crippen molar-refractivity contribution in [1.82, 2.24) is 15.1 Å². The molecule has 0 radical (unpaired) electrons. The largest absolute Gasteiger partial charge is 0.328 e. The minimum Gasteiger partial charge on any atom is -0.328 e. The van der Waals surface area contributed by atoms with Crippen LogP contribution in [0.4, 0.5) is 0 Å². The lowest BCUT2D eigenvalue weighted by Gasteiger charge is -2.28. The molecule has 2 rings (SSSR count). The number of rotatable bonds is 1. The molecule has 0 amide bonds. The average molecular weight is 242 g/mol.